The largest absolute Gasteiger partial charge is 0.393 e. The lowest BCUT2D eigenvalue weighted by atomic mass is 10.1. The highest BCUT2D eigenvalue weighted by molar-refractivity contribution is 5.79. The summed E-state index contributed by atoms with van der Waals surface area (Å²) in [6.07, 6.45) is 1.66. The summed E-state index contributed by atoms with van der Waals surface area (Å²) in [5.41, 5.74) is 3.77. The smallest absolute Gasteiger partial charge is 0.191 e. The van der Waals surface area contributed by atoms with Gasteiger partial charge in [0.2, 0.25) is 0 Å². The van der Waals surface area contributed by atoms with Crippen LogP contribution in [0.4, 0.5) is 0 Å². The number of nitrogens with zero attached hydrogens (tertiary/aromatic N) is 2. The van der Waals surface area contributed by atoms with Crippen LogP contribution in [0.5, 0.6) is 0 Å². The standard InChI is InChI=1S/C23H32N4O/c1-2-24-23(25-16-19-6-4-3-5-7-19)26-17-20-8-10-21(11-9-20)18-27-14-12-22(28)13-15-27/h3-11,22,28H,2,12-18H2,1H3,(H2,24,25,26). The van der Waals surface area contributed by atoms with Crippen molar-refractivity contribution in [3.05, 3.63) is 71.3 Å². The molecule has 0 atom stereocenters. The average Bonchev–Trinajstić information content (AvgIpc) is 2.73. The first kappa shape index (κ1) is 20.4. The van der Waals surface area contributed by atoms with Crippen LogP contribution in [0.15, 0.2) is 59.6 Å². The SMILES string of the molecule is CCNC(=NCc1ccccc1)NCc1ccc(CN2CCC(O)CC2)cc1. The first-order chi connectivity index (χ1) is 13.7. The van der Waals surface area contributed by atoms with Crippen molar-refractivity contribution < 1.29 is 5.11 Å². The molecule has 1 fully saturated rings. The van der Waals surface area contributed by atoms with Crippen LogP contribution >= 0.6 is 0 Å². The highest BCUT2D eigenvalue weighted by Gasteiger charge is 2.16. The second-order valence-corrected chi connectivity index (χ2v) is 7.36. The van der Waals surface area contributed by atoms with Gasteiger partial charge in [0.05, 0.1) is 12.6 Å². The van der Waals surface area contributed by atoms with Gasteiger partial charge in [-0.1, -0.05) is 54.6 Å². The molecule has 1 saturated heterocycles. The zero-order valence-electron chi connectivity index (χ0n) is 16.8. The lowest BCUT2D eigenvalue weighted by molar-refractivity contribution is 0.0792. The van der Waals surface area contributed by atoms with Gasteiger partial charge in [-0.25, -0.2) is 4.99 Å². The van der Waals surface area contributed by atoms with Crippen LogP contribution in [0.2, 0.25) is 0 Å². The van der Waals surface area contributed by atoms with Crippen molar-refractivity contribution in [1.82, 2.24) is 15.5 Å². The van der Waals surface area contributed by atoms with Crippen molar-refractivity contribution in [2.75, 3.05) is 19.6 Å². The molecule has 3 N–H and O–H groups in total. The van der Waals surface area contributed by atoms with Gasteiger partial charge in [-0.2, -0.15) is 0 Å². The number of guanidine groups is 1. The van der Waals surface area contributed by atoms with Crippen molar-refractivity contribution in [3.8, 4) is 0 Å². The van der Waals surface area contributed by atoms with E-state index in [0.717, 1.165) is 51.5 Å². The summed E-state index contributed by atoms with van der Waals surface area (Å²) in [5, 5.41) is 16.3. The van der Waals surface area contributed by atoms with E-state index in [1.165, 1.54) is 16.7 Å². The fraction of sp³-hybridized carbons (Fsp3) is 0.435. The predicted octanol–water partition coefficient (Wildman–Crippen LogP) is 2.90. The van der Waals surface area contributed by atoms with E-state index < -0.39 is 0 Å². The Labute approximate surface area is 168 Å². The summed E-state index contributed by atoms with van der Waals surface area (Å²) >= 11 is 0. The normalized spacial score (nSPS) is 16.1. The van der Waals surface area contributed by atoms with Crippen LogP contribution in [-0.2, 0) is 19.6 Å². The van der Waals surface area contributed by atoms with Crippen LogP contribution in [0.3, 0.4) is 0 Å². The zero-order valence-corrected chi connectivity index (χ0v) is 16.8. The number of likely N-dealkylation sites (tertiary alicyclic amines) is 1. The highest BCUT2D eigenvalue weighted by atomic mass is 16.3. The summed E-state index contributed by atoms with van der Waals surface area (Å²) < 4.78 is 0. The lowest BCUT2D eigenvalue weighted by Crippen LogP contribution is -2.36. The molecule has 0 aliphatic carbocycles. The molecule has 0 saturated carbocycles. The molecule has 5 heteroatoms. The molecule has 0 unspecified atom stereocenters. The van der Waals surface area contributed by atoms with Gasteiger partial charge < -0.3 is 15.7 Å². The molecule has 0 bridgehead atoms. The van der Waals surface area contributed by atoms with Gasteiger partial charge in [0.25, 0.3) is 0 Å². The number of aliphatic hydroxyl groups is 1. The topological polar surface area (TPSA) is 59.9 Å². The van der Waals surface area contributed by atoms with Crippen molar-refractivity contribution in [2.45, 2.75) is 45.5 Å². The third-order valence-corrected chi connectivity index (χ3v) is 5.05. The molecule has 1 aliphatic rings. The quantitative estimate of drug-likeness (QED) is 0.511. The Bertz CT molecular complexity index is 722. The van der Waals surface area contributed by atoms with Gasteiger partial charge in [-0.3, -0.25) is 4.90 Å². The number of benzene rings is 2. The number of hydrogen-bond acceptors (Lipinski definition) is 3. The Kier molecular flexibility index (Phi) is 7.88. The molecular weight excluding hydrogens is 348 g/mol. The van der Waals surface area contributed by atoms with E-state index in [2.05, 4.69) is 63.8 Å². The molecule has 150 valence electrons. The Hall–Kier alpha value is -2.37. The van der Waals surface area contributed by atoms with Gasteiger partial charge in [-0.05, 0) is 36.5 Å². The summed E-state index contributed by atoms with van der Waals surface area (Å²) in [5.74, 6) is 0.835. The molecule has 2 aromatic rings. The predicted molar refractivity (Wildman–Crippen MR) is 115 cm³/mol. The summed E-state index contributed by atoms with van der Waals surface area (Å²) in [7, 11) is 0. The van der Waals surface area contributed by atoms with E-state index in [4.69, 9.17) is 0 Å². The summed E-state index contributed by atoms with van der Waals surface area (Å²) in [4.78, 5) is 7.08. The first-order valence-corrected chi connectivity index (χ1v) is 10.3. The van der Waals surface area contributed by atoms with Gasteiger partial charge >= 0.3 is 0 Å². The molecule has 28 heavy (non-hydrogen) atoms. The first-order valence-electron chi connectivity index (χ1n) is 10.3. The molecular formula is C23H32N4O. The number of aliphatic hydroxyl groups excluding tert-OH is 1. The molecule has 0 aromatic heterocycles. The molecule has 0 spiro atoms. The lowest BCUT2D eigenvalue weighted by Gasteiger charge is -2.29. The van der Waals surface area contributed by atoms with Crippen LogP contribution in [0.1, 0.15) is 36.5 Å². The Morgan fingerprint density at radius 1 is 0.964 bits per heavy atom. The molecule has 1 aliphatic heterocycles. The maximum Gasteiger partial charge on any atom is 0.191 e. The van der Waals surface area contributed by atoms with E-state index in [9.17, 15) is 5.11 Å². The van der Waals surface area contributed by atoms with Crippen molar-refractivity contribution in [3.63, 3.8) is 0 Å². The minimum absolute atomic E-state index is 0.112. The van der Waals surface area contributed by atoms with Crippen LogP contribution < -0.4 is 10.6 Å². The molecule has 0 amide bonds. The Balaban J connectivity index is 1.49. The van der Waals surface area contributed by atoms with E-state index in [0.29, 0.717) is 6.54 Å². The maximum absolute atomic E-state index is 9.63. The van der Waals surface area contributed by atoms with Crippen molar-refractivity contribution >= 4 is 5.96 Å². The number of rotatable bonds is 7. The van der Waals surface area contributed by atoms with Crippen molar-refractivity contribution in [2.24, 2.45) is 4.99 Å². The average molecular weight is 381 g/mol. The van der Waals surface area contributed by atoms with Crippen LogP contribution in [-0.4, -0.2) is 41.7 Å². The van der Waals surface area contributed by atoms with Crippen LogP contribution in [0, 0.1) is 0 Å². The number of hydrogen-bond donors (Lipinski definition) is 3. The van der Waals surface area contributed by atoms with E-state index in [-0.39, 0.29) is 6.10 Å². The second-order valence-electron chi connectivity index (χ2n) is 7.36. The molecule has 0 radical (unpaired) electrons. The Morgan fingerprint density at radius 3 is 2.32 bits per heavy atom. The van der Waals surface area contributed by atoms with Gasteiger partial charge in [0, 0.05) is 32.7 Å². The third-order valence-electron chi connectivity index (χ3n) is 5.05. The number of aliphatic imine (C=N–C) groups is 1. The third kappa shape index (κ3) is 6.66. The van der Waals surface area contributed by atoms with E-state index in [1.54, 1.807) is 0 Å². The van der Waals surface area contributed by atoms with Gasteiger partial charge in [0.15, 0.2) is 5.96 Å². The summed E-state index contributed by atoms with van der Waals surface area (Å²) in [6.45, 7) is 7.25. The van der Waals surface area contributed by atoms with Gasteiger partial charge in [0.1, 0.15) is 0 Å². The maximum atomic E-state index is 9.63. The molecule has 3 rings (SSSR count). The molecule has 5 nitrogen and oxygen atoms in total. The highest BCUT2D eigenvalue weighted by Crippen LogP contribution is 2.14. The van der Waals surface area contributed by atoms with Crippen LogP contribution in [0.25, 0.3) is 0 Å². The fourth-order valence-corrected chi connectivity index (χ4v) is 3.38. The van der Waals surface area contributed by atoms with E-state index in [1.807, 2.05) is 18.2 Å². The second kappa shape index (κ2) is 10.8. The van der Waals surface area contributed by atoms with E-state index >= 15 is 0 Å². The molecule has 1 heterocycles. The number of piperidine rings is 1. The van der Waals surface area contributed by atoms with Crippen molar-refractivity contribution in [1.29, 1.82) is 0 Å². The fourth-order valence-electron chi connectivity index (χ4n) is 3.38. The minimum atomic E-state index is -0.112. The Morgan fingerprint density at radius 2 is 1.64 bits per heavy atom. The monoisotopic (exact) mass is 380 g/mol. The minimum Gasteiger partial charge on any atom is -0.393 e. The number of nitrogens with one attached hydrogen (secondary N) is 2. The zero-order chi connectivity index (χ0) is 19.6. The molecule has 2 aromatic carbocycles. The van der Waals surface area contributed by atoms with Gasteiger partial charge in [-0.15, -0.1) is 0 Å². The summed E-state index contributed by atoms with van der Waals surface area (Å²) in [6, 6.07) is 19.1.